The molecule has 4 nitrogen and oxygen atoms in total. The molecular formula is C16H13ClN2O2. The molecule has 106 valence electrons. The van der Waals surface area contributed by atoms with E-state index < -0.39 is 0 Å². The van der Waals surface area contributed by atoms with Crippen molar-refractivity contribution in [1.29, 1.82) is 5.26 Å². The molecule has 0 unspecified atom stereocenters. The Bertz CT molecular complexity index is 708. The third-order valence-electron chi connectivity index (χ3n) is 2.87. The number of nitrogens with zero attached hydrogens (tertiary/aromatic N) is 1. The number of benzene rings is 2. The van der Waals surface area contributed by atoms with Gasteiger partial charge in [-0.25, -0.2) is 0 Å². The van der Waals surface area contributed by atoms with E-state index in [-0.39, 0.29) is 12.3 Å². The third kappa shape index (κ3) is 3.98. The fraction of sp³-hybridized carbons (Fsp3) is 0.125. The number of halogens is 1. The molecule has 2 aromatic rings. The van der Waals surface area contributed by atoms with E-state index >= 15 is 0 Å². The van der Waals surface area contributed by atoms with Gasteiger partial charge in [-0.05, 0) is 36.4 Å². The van der Waals surface area contributed by atoms with E-state index in [1.165, 1.54) is 0 Å². The van der Waals surface area contributed by atoms with Crippen molar-refractivity contribution >= 4 is 23.2 Å². The molecule has 0 saturated heterocycles. The fourth-order valence-corrected chi connectivity index (χ4v) is 2.12. The van der Waals surface area contributed by atoms with Crippen LogP contribution in [0.3, 0.4) is 0 Å². The van der Waals surface area contributed by atoms with Crippen molar-refractivity contribution in [2.75, 3.05) is 12.4 Å². The smallest absolute Gasteiger partial charge is 0.228 e. The molecule has 21 heavy (non-hydrogen) atoms. The number of hydrogen-bond acceptors (Lipinski definition) is 3. The number of rotatable bonds is 4. The highest BCUT2D eigenvalue weighted by Crippen LogP contribution is 2.23. The van der Waals surface area contributed by atoms with Crippen LogP contribution in [0.2, 0.25) is 5.02 Å². The molecule has 0 bridgehead atoms. The molecule has 0 aliphatic rings. The molecule has 0 radical (unpaired) electrons. The minimum absolute atomic E-state index is 0.139. The van der Waals surface area contributed by atoms with E-state index in [9.17, 15) is 4.79 Å². The molecule has 2 rings (SSSR count). The first-order chi connectivity index (χ1) is 10.1. The van der Waals surface area contributed by atoms with Crippen LogP contribution in [0, 0.1) is 11.3 Å². The van der Waals surface area contributed by atoms with Crippen molar-refractivity contribution in [3.63, 3.8) is 0 Å². The summed E-state index contributed by atoms with van der Waals surface area (Å²) in [4.78, 5) is 12.1. The zero-order chi connectivity index (χ0) is 15.2. The summed E-state index contributed by atoms with van der Waals surface area (Å²) in [6, 6.07) is 13.9. The van der Waals surface area contributed by atoms with E-state index in [2.05, 4.69) is 5.32 Å². The van der Waals surface area contributed by atoms with Crippen LogP contribution < -0.4 is 10.1 Å². The first-order valence-corrected chi connectivity index (χ1v) is 6.62. The normalized spacial score (nSPS) is 9.76. The maximum absolute atomic E-state index is 12.1. The van der Waals surface area contributed by atoms with Crippen molar-refractivity contribution in [3.8, 4) is 11.8 Å². The Morgan fingerprint density at radius 3 is 2.86 bits per heavy atom. The highest BCUT2D eigenvalue weighted by atomic mass is 35.5. The number of ether oxygens (including phenoxy) is 1. The van der Waals surface area contributed by atoms with Gasteiger partial charge in [0.1, 0.15) is 5.75 Å². The molecule has 0 heterocycles. The van der Waals surface area contributed by atoms with Crippen LogP contribution in [0.5, 0.6) is 5.75 Å². The lowest BCUT2D eigenvalue weighted by atomic mass is 10.1. The van der Waals surface area contributed by atoms with E-state index in [1.54, 1.807) is 49.6 Å². The van der Waals surface area contributed by atoms with Crippen molar-refractivity contribution in [1.82, 2.24) is 0 Å². The van der Waals surface area contributed by atoms with Crippen LogP contribution in [0.1, 0.15) is 11.1 Å². The number of anilines is 1. The zero-order valence-corrected chi connectivity index (χ0v) is 12.1. The lowest BCUT2D eigenvalue weighted by Gasteiger charge is -2.09. The lowest BCUT2D eigenvalue weighted by molar-refractivity contribution is -0.115. The van der Waals surface area contributed by atoms with E-state index in [1.807, 2.05) is 6.07 Å². The van der Waals surface area contributed by atoms with Crippen molar-refractivity contribution in [2.24, 2.45) is 0 Å². The van der Waals surface area contributed by atoms with Crippen LogP contribution in [0.4, 0.5) is 5.69 Å². The second-order valence-electron chi connectivity index (χ2n) is 4.37. The van der Waals surface area contributed by atoms with E-state index in [0.717, 1.165) is 0 Å². The van der Waals surface area contributed by atoms with Crippen LogP contribution in [-0.4, -0.2) is 13.0 Å². The van der Waals surface area contributed by atoms with Crippen molar-refractivity contribution in [2.45, 2.75) is 6.42 Å². The monoisotopic (exact) mass is 300 g/mol. The Balaban J connectivity index is 2.11. The third-order valence-corrected chi connectivity index (χ3v) is 3.10. The summed E-state index contributed by atoms with van der Waals surface area (Å²) in [5, 5.41) is 12.1. The Kier molecular flexibility index (Phi) is 4.81. The van der Waals surface area contributed by atoms with Gasteiger partial charge in [0, 0.05) is 16.3 Å². The topological polar surface area (TPSA) is 62.1 Å². The molecule has 0 atom stereocenters. The van der Waals surface area contributed by atoms with Gasteiger partial charge in [-0.3, -0.25) is 4.79 Å². The average Bonchev–Trinajstić information content (AvgIpc) is 2.47. The quantitative estimate of drug-likeness (QED) is 0.941. The SMILES string of the molecule is COc1ccc(Cl)cc1CC(=O)Nc1cccc(C#N)c1. The summed E-state index contributed by atoms with van der Waals surface area (Å²) in [5.74, 6) is 0.408. The summed E-state index contributed by atoms with van der Waals surface area (Å²) in [6.45, 7) is 0. The molecule has 0 saturated carbocycles. The van der Waals surface area contributed by atoms with Gasteiger partial charge >= 0.3 is 0 Å². The Morgan fingerprint density at radius 1 is 1.33 bits per heavy atom. The largest absolute Gasteiger partial charge is 0.496 e. The number of nitrogens with one attached hydrogen (secondary N) is 1. The first-order valence-electron chi connectivity index (χ1n) is 6.25. The Labute approximate surface area is 127 Å². The molecule has 1 amide bonds. The Morgan fingerprint density at radius 2 is 2.14 bits per heavy atom. The minimum atomic E-state index is -0.203. The summed E-state index contributed by atoms with van der Waals surface area (Å²) in [6.07, 6.45) is 0.139. The first kappa shape index (κ1) is 14.9. The Hall–Kier alpha value is -2.51. The highest BCUT2D eigenvalue weighted by molar-refractivity contribution is 6.30. The second-order valence-corrected chi connectivity index (χ2v) is 4.81. The maximum Gasteiger partial charge on any atom is 0.228 e. The molecule has 0 aliphatic heterocycles. The van der Waals surface area contributed by atoms with Crippen LogP contribution >= 0.6 is 11.6 Å². The molecule has 0 aromatic heterocycles. The number of nitriles is 1. The van der Waals surface area contributed by atoms with E-state index in [4.69, 9.17) is 21.6 Å². The van der Waals surface area contributed by atoms with Gasteiger partial charge in [0.25, 0.3) is 0 Å². The molecule has 0 fully saturated rings. The van der Waals surface area contributed by atoms with Crippen LogP contribution in [0.25, 0.3) is 0 Å². The molecule has 5 heteroatoms. The number of carbonyl (C=O) groups is 1. The van der Waals surface area contributed by atoms with Gasteiger partial charge in [0.15, 0.2) is 0 Å². The number of methoxy groups -OCH3 is 1. The van der Waals surface area contributed by atoms with Crippen LogP contribution in [-0.2, 0) is 11.2 Å². The molecule has 2 aromatic carbocycles. The molecule has 0 spiro atoms. The van der Waals surface area contributed by atoms with Gasteiger partial charge in [0.05, 0.1) is 25.2 Å². The van der Waals surface area contributed by atoms with Gasteiger partial charge in [-0.15, -0.1) is 0 Å². The highest BCUT2D eigenvalue weighted by Gasteiger charge is 2.10. The fourth-order valence-electron chi connectivity index (χ4n) is 1.93. The van der Waals surface area contributed by atoms with Crippen molar-refractivity contribution in [3.05, 3.63) is 58.6 Å². The number of carbonyl (C=O) groups excluding carboxylic acids is 1. The van der Waals surface area contributed by atoms with Gasteiger partial charge in [-0.2, -0.15) is 5.26 Å². The zero-order valence-electron chi connectivity index (χ0n) is 11.4. The standard InChI is InChI=1S/C16H13ClN2O2/c1-21-15-6-5-13(17)8-12(15)9-16(20)19-14-4-2-3-11(7-14)10-18/h2-8H,9H2,1H3,(H,19,20). The van der Waals surface area contributed by atoms with Gasteiger partial charge in [0.2, 0.25) is 5.91 Å². The molecule has 1 N–H and O–H groups in total. The van der Waals surface area contributed by atoms with Crippen molar-refractivity contribution < 1.29 is 9.53 Å². The maximum atomic E-state index is 12.1. The van der Waals surface area contributed by atoms with Gasteiger partial charge in [-0.1, -0.05) is 17.7 Å². The predicted octanol–water partition coefficient (Wildman–Crippen LogP) is 3.40. The molecular weight excluding hydrogens is 288 g/mol. The number of amides is 1. The summed E-state index contributed by atoms with van der Waals surface area (Å²) >= 11 is 5.93. The van der Waals surface area contributed by atoms with E-state index in [0.29, 0.717) is 27.6 Å². The summed E-state index contributed by atoms with van der Waals surface area (Å²) in [7, 11) is 1.54. The number of hydrogen-bond donors (Lipinski definition) is 1. The minimum Gasteiger partial charge on any atom is -0.496 e. The summed E-state index contributed by atoms with van der Waals surface area (Å²) in [5.41, 5.74) is 1.78. The van der Waals surface area contributed by atoms with Gasteiger partial charge < -0.3 is 10.1 Å². The second kappa shape index (κ2) is 6.78. The lowest BCUT2D eigenvalue weighted by Crippen LogP contribution is -2.15. The molecule has 0 aliphatic carbocycles. The predicted molar refractivity (Wildman–Crippen MR) is 81.5 cm³/mol. The average molecular weight is 301 g/mol. The van der Waals surface area contributed by atoms with Crippen LogP contribution in [0.15, 0.2) is 42.5 Å². The summed E-state index contributed by atoms with van der Waals surface area (Å²) < 4.78 is 5.21.